The Balaban J connectivity index is 2.14. The van der Waals surface area contributed by atoms with Gasteiger partial charge in [0.15, 0.2) is 5.11 Å². The van der Waals surface area contributed by atoms with E-state index < -0.39 is 0 Å². The number of pyridine rings is 1. The minimum Gasteiger partial charge on any atom is -0.355 e. The summed E-state index contributed by atoms with van der Waals surface area (Å²) in [5.41, 5.74) is 3.62. The molecule has 1 atom stereocenters. The van der Waals surface area contributed by atoms with E-state index in [2.05, 4.69) is 60.7 Å². The standard InChI is InChI=1S/C18H23N3S/c1-12(2)16(15-10-6-5-8-13(15)3)20-18(22)21-17-14(4)9-7-11-19-17/h5-12,16H,1-4H3,(H2,19,20,21,22)/t16-/m0/s1. The van der Waals surface area contributed by atoms with E-state index in [4.69, 9.17) is 12.2 Å². The lowest BCUT2D eigenvalue weighted by Crippen LogP contribution is -2.35. The van der Waals surface area contributed by atoms with Gasteiger partial charge in [-0.3, -0.25) is 0 Å². The van der Waals surface area contributed by atoms with E-state index in [1.54, 1.807) is 6.20 Å². The van der Waals surface area contributed by atoms with Crippen LogP contribution in [0.25, 0.3) is 0 Å². The van der Waals surface area contributed by atoms with Crippen LogP contribution in [-0.2, 0) is 0 Å². The van der Waals surface area contributed by atoms with Gasteiger partial charge < -0.3 is 10.6 Å². The molecule has 0 aliphatic heterocycles. The van der Waals surface area contributed by atoms with Gasteiger partial charge in [0.1, 0.15) is 5.82 Å². The molecule has 4 heteroatoms. The number of hydrogen-bond acceptors (Lipinski definition) is 2. The van der Waals surface area contributed by atoms with Crippen LogP contribution < -0.4 is 10.6 Å². The van der Waals surface area contributed by atoms with Gasteiger partial charge in [0.05, 0.1) is 6.04 Å². The molecule has 0 spiro atoms. The maximum absolute atomic E-state index is 5.47. The zero-order chi connectivity index (χ0) is 16.1. The average Bonchev–Trinajstić information content (AvgIpc) is 2.48. The molecule has 2 aromatic rings. The summed E-state index contributed by atoms with van der Waals surface area (Å²) >= 11 is 5.47. The lowest BCUT2D eigenvalue weighted by Gasteiger charge is -2.26. The molecular formula is C18H23N3S. The van der Waals surface area contributed by atoms with E-state index in [1.807, 2.05) is 19.1 Å². The highest BCUT2D eigenvalue weighted by atomic mass is 32.1. The predicted octanol–water partition coefficient (Wildman–Crippen LogP) is 4.38. The normalized spacial score (nSPS) is 12.0. The van der Waals surface area contributed by atoms with Crippen LogP contribution in [-0.4, -0.2) is 10.1 Å². The Bertz CT molecular complexity index is 652. The highest BCUT2D eigenvalue weighted by Gasteiger charge is 2.18. The molecule has 0 fully saturated rings. The van der Waals surface area contributed by atoms with Gasteiger partial charge in [-0.05, 0) is 54.7 Å². The van der Waals surface area contributed by atoms with Crippen molar-refractivity contribution in [3.8, 4) is 0 Å². The van der Waals surface area contributed by atoms with Crippen molar-refractivity contribution in [3.05, 3.63) is 59.3 Å². The molecule has 0 amide bonds. The first-order chi connectivity index (χ1) is 10.5. The molecule has 0 unspecified atom stereocenters. The monoisotopic (exact) mass is 313 g/mol. The minimum absolute atomic E-state index is 0.171. The van der Waals surface area contributed by atoms with Gasteiger partial charge in [-0.15, -0.1) is 0 Å². The summed E-state index contributed by atoms with van der Waals surface area (Å²) in [5.74, 6) is 1.22. The third-order valence-electron chi connectivity index (χ3n) is 3.72. The molecule has 0 saturated carbocycles. The first-order valence-corrected chi connectivity index (χ1v) is 7.94. The van der Waals surface area contributed by atoms with Crippen LogP contribution in [0, 0.1) is 19.8 Å². The molecule has 3 nitrogen and oxygen atoms in total. The van der Waals surface area contributed by atoms with E-state index in [1.165, 1.54) is 11.1 Å². The Hall–Kier alpha value is -1.94. The van der Waals surface area contributed by atoms with Crippen LogP contribution in [0.1, 0.15) is 36.6 Å². The molecule has 22 heavy (non-hydrogen) atoms. The van der Waals surface area contributed by atoms with Crippen molar-refractivity contribution in [2.24, 2.45) is 5.92 Å². The van der Waals surface area contributed by atoms with Crippen LogP contribution in [0.2, 0.25) is 0 Å². The van der Waals surface area contributed by atoms with Gasteiger partial charge in [-0.1, -0.05) is 44.2 Å². The zero-order valence-electron chi connectivity index (χ0n) is 13.6. The van der Waals surface area contributed by atoms with Crippen molar-refractivity contribution >= 4 is 23.1 Å². The fourth-order valence-corrected chi connectivity index (χ4v) is 2.66. The molecule has 116 valence electrons. The molecule has 0 aliphatic rings. The van der Waals surface area contributed by atoms with Crippen LogP contribution in [0.3, 0.4) is 0 Å². The Morgan fingerprint density at radius 2 is 1.73 bits per heavy atom. The number of thiocarbonyl (C=S) groups is 1. The Labute approximate surface area is 138 Å². The summed E-state index contributed by atoms with van der Waals surface area (Å²) in [5, 5.41) is 7.22. The highest BCUT2D eigenvalue weighted by molar-refractivity contribution is 7.80. The summed E-state index contributed by atoms with van der Waals surface area (Å²) in [6, 6.07) is 12.5. The molecule has 1 aromatic heterocycles. The van der Waals surface area contributed by atoms with Crippen LogP contribution in [0.4, 0.5) is 5.82 Å². The van der Waals surface area contributed by atoms with Gasteiger partial charge in [-0.2, -0.15) is 0 Å². The van der Waals surface area contributed by atoms with E-state index in [-0.39, 0.29) is 6.04 Å². The summed E-state index contributed by atoms with van der Waals surface area (Å²) in [6.45, 7) is 8.53. The van der Waals surface area contributed by atoms with Crippen molar-refractivity contribution < 1.29 is 0 Å². The maximum Gasteiger partial charge on any atom is 0.172 e. The van der Waals surface area contributed by atoms with E-state index in [9.17, 15) is 0 Å². The second kappa shape index (κ2) is 7.36. The van der Waals surface area contributed by atoms with Crippen LogP contribution >= 0.6 is 12.2 Å². The van der Waals surface area contributed by atoms with E-state index in [0.717, 1.165) is 11.4 Å². The van der Waals surface area contributed by atoms with Crippen molar-refractivity contribution in [2.45, 2.75) is 33.7 Å². The number of nitrogens with zero attached hydrogens (tertiary/aromatic N) is 1. The first-order valence-electron chi connectivity index (χ1n) is 7.53. The fourth-order valence-electron chi connectivity index (χ4n) is 2.44. The van der Waals surface area contributed by atoms with Gasteiger partial charge in [0.25, 0.3) is 0 Å². The van der Waals surface area contributed by atoms with Crippen molar-refractivity contribution in [2.75, 3.05) is 5.32 Å². The average molecular weight is 313 g/mol. The number of nitrogens with one attached hydrogen (secondary N) is 2. The molecule has 2 N–H and O–H groups in total. The Morgan fingerprint density at radius 3 is 2.36 bits per heavy atom. The van der Waals surface area contributed by atoms with Gasteiger partial charge >= 0.3 is 0 Å². The number of benzene rings is 1. The summed E-state index contributed by atoms with van der Waals surface area (Å²) in [6.07, 6.45) is 1.76. The quantitative estimate of drug-likeness (QED) is 0.821. The zero-order valence-corrected chi connectivity index (χ0v) is 14.4. The van der Waals surface area contributed by atoms with E-state index in [0.29, 0.717) is 11.0 Å². The smallest absolute Gasteiger partial charge is 0.172 e. The van der Waals surface area contributed by atoms with Crippen molar-refractivity contribution in [3.63, 3.8) is 0 Å². The lowest BCUT2D eigenvalue weighted by atomic mass is 9.93. The minimum atomic E-state index is 0.171. The lowest BCUT2D eigenvalue weighted by molar-refractivity contribution is 0.471. The first kappa shape index (κ1) is 16.4. The number of anilines is 1. The second-order valence-corrected chi connectivity index (χ2v) is 6.25. The third-order valence-corrected chi connectivity index (χ3v) is 3.94. The predicted molar refractivity (Wildman–Crippen MR) is 97.1 cm³/mol. The number of aryl methyl sites for hydroxylation is 2. The van der Waals surface area contributed by atoms with Crippen molar-refractivity contribution in [1.29, 1.82) is 0 Å². The molecule has 1 aromatic carbocycles. The van der Waals surface area contributed by atoms with Crippen LogP contribution in [0.5, 0.6) is 0 Å². The number of rotatable bonds is 4. The second-order valence-electron chi connectivity index (χ2n) is 5.85. The fraction of sp³-hybridized carbons (Fsp3) is 0.333. The number of hydrogen-bond donors (Lipinski definition) is 2. The molecule has 1 heterocycles. The highest BCUT2D eigenvalue weighted by Crippen LogP contribution is 2.24. The van der Waals surface area contributed by atoms with Gasteiger partial charge in [0.2, 0.25) is 0 Å². The van der Waals surface area contributed by atoms with Crippen LogP contribution in [0.15, 0.2) is 42.6 Å². The van der Waals surface area contributed by atoms with E-state index >= 15 is 0 Å². The largest absolute Gasteiger partial charge is 0.355 e. The maximum atomic E-state index is 5.47. The molecule has 0 radical (unpaired) electrons. The molecule has 0 aliphatic carbocycles. The molecule has 0 saturated heterocycles. The number of aromatic nitrogens is 1. The summed E-state index contributed by atoms with van der Waals surface area (Å²) < 4.78 is 0. The molecule has 2 rings (SSSR count). The third kappa shape index (κ3) is 4.04. The van der Waals surface area contributed by atoms with Gasteiger partial charge in [-0.25, -0.2) is 4.98 Å². The summed E-state index contributed by atoms with van der Waals surface area (Å²) in [7, 11) is 0. The Kier molecular flexibility index (Phi) is 5.50. The Morgan fingerprint density at radius 1 is 1.05 bits per heavy atom. The SMILES string of the molecule is Cc1ccccc1[C@@H](NC(=S)Nc1ncccc1C)C(C)C. The topological polar surface area (TPSA) is 37.0 Å². The van der Waals surface area contributed by atoms with Gasteiger partial charge in [0, 0.05) is 6.20 Å². The molecular weight excluding hydrogens is 290 g/mol. The molecule has 0 bridgehead atoms. The van der Waals surface area contributed by atoms with Crippen molar-refractivity contribution in [1.82, 2.24) is 10.3 Å². The summed E-state index contributed by atoms with van der Waals surface area (Å²) in [4.78, 5) is 4.32.